The Labute approximate surface area is 166 Å². The Morgan fingerprint density at radius 3 is 2.56 bits per heavy atom. The number of hydrogen-bond acceptors (Lipinski definition) is 3. The molecule has 0 aliphatic carbocycles. The van der Waals surface area contributed by atoms with Crippen LogP contribution in [0.1, 0.15) is 5.56 Å². The van der Waals surface area contributed by atoms with E-state index in [4.69, 9.17) is 27.6 Å². The third-order valence-electron chi connectivity index (χ3n) is 3.91. The standard InChI is InChI=1S/C22H14Cl2N2O/c23-17-8-6-15(7-9-17)3-2-12-25-19-5-1-4-16(13-19)22-26-20-14-18(24)10-11-21(20)27-22/h1-14H. The first-order valence-corrected chi connectivity index (χ1v) is 9.06. The fraction of sp³-hybridized carbons (Fsp3) is 0. The molecular formula is C22H14Cl2N2O. The minimum atomic E-state index is 0.543. The van der Waals surface area contributed by atoms with Gasteiger partial charge in [-0.25, -0.2) is 4.98 Å². The summed E-state index contributed by atoms with van der Waals surface area (Å²) in [7, 11) is 0. The summed E-state index contributed by atoms with van der Waals surface area (Å²) in [5.41, 5.74) is 4.17. The second-order valence-electron chi connectivity index (χ2n) is 5.87. The van der Waals surface area contributed by atoms with Crippen molar-refractivity contribution in [2.24, 2.45) is 4.99 Å². The fourth-order valence-corrected chi connectivity index (χ4v) is 2.89. The van der Waals surface area contributed by atoms with E-state index in [0.29, 0.717) is 16.5 Å². The molecule has 27 heavy (non-hydrogen) atoms. The molecule has 3 nitrogen and oxygen atoms in total. The van der Waals surface area contributed by atoms with Gasteiger partial charge in [0, 0.05) is 21.8 Å². The first-order chi connectivity index (χ1) is 13.2. The maximum absolute atomic E-state index is 6.01. The molecule has 1 aromatic heterocycles. The zero-order chi connectivity index (χ0) is 18.6. The molecule has 0 bridgehead atoms. The number of hydrogen-bond donors (Lipinski definition) is 0. The predicted molar refractivity (Wildman–Crippen MR) is 113 cm³/mol. The van der Waals surface area contributed by atoms with Crippen molar-refractivity contribution in [2.75, 3.05) is 0 Å². The lowest BCUT2D eigenvalue weighted by Gasteiger charge is -1.97. The predicted octanol–water partition coefficient (Wildman–Crippen LogP) is 7.22. The Kier molecular flexibility index (Phi) is 5.05. The van der Waals surface area contributed by atoms with Crippen LogP contribution in [0, 0.1) is 0 Å². The van der Waals surface area contributed by atoms with E-state index in [2.05, 4.69) is 9.98 Å². The van der Waals surface area contributed by atoms with Crippen molar-refractivity contribution in [3.63, 3.8) is 0 Å². The Morgan fingerprint density at radius 1 is 0.889 bits per heavy atom. The number of allylic oxidation sites excluding steroid dienone is 1. The van der Waals surface area contributed by atoms with Gasteiger partial charge in [-0.05, 0) is 60.2 Å². The van der Waals surface area contributed by atoms with Gasteiger partial charge in [-0.1, -0.05) is 47.5 Å². The SMILES string of the molecule is Clc1ccc(C=CC=Nc2cccc(-c3nc4cc(Cl)ccc4o3)c2)cc1. The molecule has 0 aliphatic heterocycles. The van der Waals surface area contributed by atoms with Crippen LogP contribution in [0.2, 0.25) is 10.0 Å². The second kappa shape index (κ2) is 7.78. The average molecular weight is 393 g/mol. The highest BCUT2D eigenvalue weighted by atomic mass is 35.5. The van der Waals surface area contributed by atoms with Gasteiger partial charge >= 0.3 is 0 Å². The summed E-state index contributed by atoms with van der Waals surface area (Å²) in [5, 5.41) is 1.35. The lowest BCUT2D eigenvalue weighted by Crippen LogP contribution is -1.77. The molecule has 0 aliphatic rings. The lowest BCUT2D eigenvalue weighted by molar-refractivity contribution is 0.620. The quantitative estimate of drug-likeness (QED) is 0.343. The van der Waals surface area contributed by atoms with E-state index in [1.54, 1.807) is 18.3 Å². The monoisotopic (exact) mass is 392 g/mol. The molecule has 4 rings (SSSR count). The van der Waals surface area contributed by atoms with Crippen molar-refractivity contribution >= 4 is 52.3 Å². The molecule has 0 N–H and O–H groups in total. The summed E-state index contributed by atoms with van der Waals surface area (Å²) in [6.45, 7) is 0. The van der Waals surface area contributed by atoms with Crippen LogP contribution < -0.4 is 0 Å². The average Bonchev–Trinajstić information content (AvgIpc) is 3.10. The first-order valence-electron chi connectivity index (χ1n) is 8.30. The number of halogens is 2. The maximum Gasteiger partial charge on any atom is 0.227 e. The van der Waals surface area contributed by atoms with E-state index in [0.717, 1.165) is 27.4 Å². The number of benzene rings is 3. The second-order valence-corrected chi connectivity index (χ2v) is 6.74. The smallest absolute Gasteiger partial charge is 0.227 e. The molecule has 0 saturated carbocycles. The molecule has 5 heteroatoms. The fourth-order valence-electron chi connectivity index (χ4n) is 2.60. The molecule has 0 amide bonds. The number of rotatable bonds is 4. The normalized spacial score (nSPS) is 11.8. The van der Waals surface area contributed by atoms with Gasteiger partial charge in [-0.2, -0.15) is 0 Å². The van der Waals surface area contributed by atoms with Crippen LogP contribution in [0.3, 0.4) is 0 Å². The van der Waals surface area contributed by atoms with E-state index in [1.165, 1.54) is 0 Å². The van der Waals surface area contributed by atoms with Crippen molar-refractivity contribution in [3.8, 4) is 11.5 Å². The minimum Gasteiger partial charge on any atom is -0.436 e. The van der Waals surface area contributed by atoms with Gasteiger partial charge in [-0.3, -0.25) is 4.99 Å². The van der Waals surface area contributed by atoms with Gasteiger partial charge in [0.2, 0.25) is 5.89 Å². The zero-order valence-corrected chi connectivity index (χ0v) is 15.7. The Bertz CT molecular complexity index is 1140. The van der Waals surface area contributed by atoms with Crippen LogP contribution in [-0.2, 0) is 0 Å². The van der Waals surface area contributed by atoms with Gasteiger partial charge in [0.15, 0.2) is 5.58 Å². The molecule has 0 atom stereocenters. The molecule has 0 unspecified atom stereocenters. The number of fused-ring (bicyclic) bond motifs is 1. The molecule has 3 aromatic carbocycles. The topological polar surface area (TPSA) is 38.4 Å². The van der Waals surface area contributed by atoms with Gasteiger partial charge in [0.1, 0.15) is 5.52 Å². The van der Waals surface area contributed by atoms with Crippen molar-refractivity contribution in [2.45, 2.75) is 0 Å². The highest BCUT2D eigenvalue weighted by Gasteiger charge is 2.08. The summed E-state index contributed by atoms with van der Waals surface area (Å²) >= 11 is 11.9. The van der Waals surface area contributed by atoms with Crippen LogP contribution in [-0.4, -0.2) is 11.2 Å². The van der Waals surface area contributed by atoms with Crippen LogP contribution in [0.25, 0.3) is 28.6 Å². The summed E-state index contributed by atoms with van der Waals surface area (Å²) in [6.07, 6.45) is 5.60. The van der Waals surface area contributed by atoms with Gasteiger partial charge in [0.25, 0.3) is 0 Å². The van der Waals surface area contributed by atoms with E-state index >= 15 is 0 Å². The molecule has 0 fully saturated rings. The molecular weight excluding hydrogens is 379 g/mol. The van der Waals surface area contributed by atoms with E-state index in [-0.39, 0.29) is 0 Å². The van der Waals surface area contributed by atoms with Crippen molar-refractivity contribution in [3.05, 3.63) is 88.4 Å². The van der Waals surface area contributed by atoms with Gasteiger partial charge < -0.3 is 4.42 Å². The minimum absolute atomic E-state index is 0.543. The van der Waals surface area contributed by atoms with E-state index in [1.807, 2.05) is 66.7 Å². The van der Waals surface area contributed by atoms with Crippen LogP contribution >= 0.6 is 23.2 Å². The van der Waals surface area contributed by atoms with Crippen molar-refractivity contribution in [1.82, 2.24) is 4.98 Å². The lowest BCUT2D eigenvalue weighted by atomic mass is 10.2. The number of aromatic nitrogens is 1. The van der Waals surface area contributed by atoms with Crippen LogP contribution in [0.15, 0.2) is 82.2 Å². The molecule has 132 valence electrons. The summed E-state index contributed by atoms with van der Waals surface area (Å²) in [4.78, 5) is 8.97. The molecule has 0 radical (unpaired) electrons. The number of oxazole rings is 1. The zero-order valence-electron chi connectivity index (χ0n) is 14.1. The van der Waals surface area contributed by atoms with Crippen molar-refractivity contribution in [1.29, 1.82) is 0 Å². The summed E-state index contributed by atoms with van der Waals surface area (Å²) in [6, 6.07) is 20.7. The Balaban J connectivity index is 1.53. The molecule has 4 aromatic rings. The van der Waals surface area contributed by atoms with Crippen LogP contribution in [0.4, 0.5) is 5.69 Å². The summed E-state index contributed by atoms with van der Waals surface area (Å²) in [5.74, 6) is 0.543. The maximum atomic E-state index is 6.01. The third-order valence-corrected chi connectivity index (χ3v) is 4.40. The van der Waals surface area contributed by atoms with Gasteiger partial charge in [-0.15, -0.1) is 0 Å². The van der Waals surface area contributed by atoms with Crippen LogP contribution in [0.5, 0.6) is 0 Å². The summed E-state index contributed by atoms with van der Waals surface area (Å²) < 4.78 is 5.81. The molecule has 0 saturated heterocycles. The number of aliphatic imine (C=N–C) groups is 1. The van der Waals surface area contributed by atoms with E-state index < -0.39 is 0 Å². The Hall–Kier alpha value is -2.88. The highest BCUT2D eigenvalue weighted by molar-refractivity contribution is 6.31. The van der Waals surface area contributed by atoms with Gasteiger partial charge in [0.05, 0.1) is 5.69 Å². The largest absolute Gasteiger partial charge is 0.436 e. The molecule has 1 heterocycles. The first kappa shape index (κ1) is 17.5. The highest BCUT2D eigenvalue weighted by Crippen LogP contribution is 2.28. The van der Waals surface area contributed by atoms with E-state index in [9.17, 15) is 0 Å². The molecule has 0 spiro atoms. The third kappa shape index (κ3) is 4.27. The van der Waals surface area contributed by atoms with Crippen molar-refractivity contribution < 1.29 is 4.42 Å². The number of nitrogens with zero attached hydrogens (tertiary/aromatic N) is 2. The Morgan fingerprint density at radius 2 is 1.70 bits per heavy atom.